The fourth-order valence-electron chi connectivity index (χ4n) is 6.15. The number of phenols is 1. The summed E-state index contributed by atoms with van der Waals surface area (Å²) in [6.45, 7) is 9.48. The molecule has 0 spiro atoms. The second-order valence-electron chi connectivity index (χ2n) is 12.7. The number of benzene rings is 5. The van der Waals surface area contributed by atoms with E-state index in [4.69, 9.17) is 0 Å². The Morgan fingerprint density at radius 1 is 0.595 bits per heavy atom. The summed E-state index contributed by atoms with van der Waals surface area (Å²) in [7, 11) is 0. The van der Waals surface area contributed by atoms with Crippen LogP contribution < -0.4 is 5.32 Å². The van der Waals surface area contributed by atoms with E-state index in [1.165, 1.54) is 46.2 Å². The maximum Gasteiger partial charge on any atom is 0.255 e. The lowest BCUT2D eigenvalue weighted by Crippen LogP contribution is -2.33. The predicted molar refractivity (Wildman–Crippen MR) is 174 cm³/mol. The lowest BCUT2D eigenvalue weighted by atomic mass is 9.63. The Morgan fingerprint density at radius 2 is 1.21 bits per heavy atom. The molecule has 0 unspecified atom stereocenters. The van der Waals surface area contributed by atoms with Gasteiger partial charge in [0, 0.05) is 11.3 Å². The van der Waals surface area contributed by atoms with Crippen molar-refractivity contribution in [2.45, 2.75) is 51.4 Å². The highest BCUT2D eigenvalue weighted by Gasteiger charge is 2.37. The van der Waals surface area contributed by atoms with E-state index in [1.807, 2.05) is 24.3 Å². The van der Waals surface area contributed by atoms with E-state index in [-0.39, 0.29) is 22.5 Å². The van der Waals surface area contributed by atoms with Gasteiger partial charge in [0.15, 0.2) is 0 Å². The van der Waals surface area contributed by atoms with Gasteiger partial charge in [-0.15, -0.1) is 0 Å². The fourth-order valence-corrected chi connectivity index (χ4v) is 6.15. The smallest absolute Gasteiger partial charge is 0.255 e. The van der Waals surface area contributed by atoms with Crippen molar-refractivity contribution in [2.75, 3.05) is 5.32 Å². The lowest BCUT2D eigenvalue weighted by molar-refractivity contribution is 0.102. The van der Waals surface area contributed by atoms with Gasteiger partial charge in [0.1, 0.15) is 5.75 Å². The zero-order valence-electron chi connectivity index (χ0n) is 24.7. The minimum atomic E-state index is -0.188. The molecule has 2 N–H and O–H groups in total. The van der Waals surface area contributed by atoms with Crippen LogP contribution in [-0.2, 0) is 10.8 Å². The highest BCUT2D eigenvalue weighted by atomic mass is 16.3. The molecule has 0 atom stereocenters. The van der Waals surface area contributed by atoms with Gasteiger partial charge in [-0.1, -0.05) is 100 Å². The Bertz CT molecular complexity index is 1750. The van der Waals surface area contributed by atoms with Crippen LogP contribution in [0, 0.1) is 0 Å². The lowest BCUT2D eigenvalue weighted by Gasteiger charge is -2.42. The number of amides is 1. The van der Waals surface area contributed by atoms with Gasteiger partial charge in [-0.05, 0) is 111 Å². The van der Waals surface area contributed by atoms with Crippen LogP contribution in [0.25, 0.3) is 33.4 Å². The molecule has 0 saturated heterocycles. The Labute approximate surface area is 248 Å². The molecule has 1 aliphatic carbocycles. The van der Waals surface area contributed by atoms with E-state index in [2.05, 4.69) is 99.7 Å². The highest BCUT2D eigenvalue weighted by Crippen LogP contribution is 2.47. The first-order chi connectivity index (χ1) is 20.1. The molecule has 0 saturated carbocycles. The molecule has 0 aromatic heterocycles. The molecule has 6 rings (SSSR count). The fraction of sp³-hybridized carbons (Fsp3) is 0.205. The van der Waals surface area contributed by atoms with Crippen LogP contribution in [0.4, 0.5) is 5.69 Å². The van der Waals surface area contributed by atoms with Crippen LogP contribution in [0.1, 0.15) is 62.0 Å². The zero-order valence-corrected chi connectivity index (χ0v) is 24.7. The normalized spacial score (nSPS) is 15.0. The van der Waals surface area contributed by atoms with Crippen molar-refractivity contribution in [1.29, 1.82) is 0 Å². The number of anilines is 1. The number of carbonyl (C=O) groups is 1. The number of hydrogen-bond acceptors (Lipinski definition) is 2. The highest BCUT2D eigenvalue weighted by molar-refractivity contribution is 6.04. The molecule has 1 aliphatic rings. The van der Waals surface area contributed by atoms with E-state index in [1.54, 1.807) is 24.3 Å². The van der Waals surface area contributed by atoms with E-state index in [0.717, 1.165) is 11.1 Å². The van der Waals surface area contributed by atoms with Gasteiger partial charge in [-0.25, -0.2) is 0 Å². The van der Waals surface area contributed by atoms with Crippen molar-refractivity contribution in [3.63, 3.8) is 0 Å². The van der Waals surface area contributed by atoms with Gasteiger partial charge >= 0.3 is 0 Å². The topological polar surface area (TPSA) is 49.3 Å². The van der Waals surface area contributed by atoms with Crippen LogP contribution in [0.5, 0.6) is 5.75 Å². The molecule has 1 amide bonds. The summed E-state index contributed by atoms with van der Waals surface area (Å²) in [6.07, 6.45) is 2.37. The summed E-state index contributed by atoms with van der Waals surface area (Å²) in [5, 5.41) is 12.4. The average Bonchev–Trinajstić information content (AvgIpc) is 3.01. The van der Waals surface area contributed by atoms with Crippen molar-refractivity contribution < 1.29 is 9.90 Å². The number of phenolic OH excluding ortho intramolecular Hbond substituents is 1. The van der Waals surface area contributed by atoms with Gasteiger partial charge in [0.05, 0.1) is 0 Å². The van der Waals surface area contributed by atoms with Crippen LogP contribution in [-0.4, -0.2) is 11.0 Å². The molecular weight excluding hydrogens is 514 g/mol. The number of rotatable bonds is 5. The summed E-state index contributed by atoms with van der Waals surface area (Å²) in [5.74, 6) is -0.0232. The van der Waals surface area contributed by atoms with Crippen LogP contribution >= 0.6 is 0 Å². The largest absolute Gasteiger partial charge is 0.508 e. The maximum absolute atomic E-state index is 12.8. The number of nitrogens with one attached hydrogen (secondary N) is 1. The van der Waals surface area contributed by atoms with E-state index >= 15 is 0 Å². The monoisotopic (exact) mass is 551 g/mol. The third kappa shape index (κ3) is 5.35. The summed E-state index contributed by atoms with van der Waals surface area (Å²) in [4.78, 5) is 12.8. The Morgan fingerprint density at radius 3 is 1.90 bits per heavy atom. The first-order valence-electron chi connectivity index (χ1n) is 14.7. The summed E-state index contributed by atoms with van der Waals surface area (Å²) in [5.41, 5.74) is 11.4. The molecule has 0 aliphatic heterocycles. The predicted octanol–water partition coefficient (Wildman–Crippen LogP) is 9.99. The standard InChI is InChI=1S/C39H37NO2/c1-38(2)22-23-39(3,4)36-25-30(15-21-35(36)38)34-24-29(14-20-33(34)27-8-6-5-7-9-27)26-10-12-28(13-11-26)37(42)40-31-16-18-32(41)19-17-31/h5-21,24-25,41H,22-23H2,1-4H3,(H,40,42). The molecule has 0 heterocycles. The molecule has 3 nitrogen and oxygen atoms in total. The van der Waals surface area contributed by atoms with Crippen LogP contribution in [0.2, 0.25) is 0 Å². The minimum Gasteiger partial charge on any atom is -0.508 e. The van der Waals surface area contributed by atoms with Gasteiger partial charge < -0.3 is 10.4 Å². The Hall–Kier alpha value is -4.63. The molecule has 42 heavy (non-hydrogen) atoms. The van der Waals surface area contributed by atoms with Gasteiger partial charge in [0.25, 0.3) is 5.91 Å². The van der Waals surface area contributed by atoms with Crippen molar-refractivity contribution in [3.8, 4) is 39.1 Å². The number of fused-ring (bicyclic) bond motifs is 1. The van der Waals surface area contributed by atoms with E-state index in [0.29, 0.717) is 11.3 Å². The number of hydrogen-bond donors (Lipinski definition) is 2. The summed E-state index contributed by atoms with van der Waals surface area (Å²) in [6, 6.07) is 38.5. The molecular formula is C39H37NO2. The first kappa shape index (κ1) is 27.5. The summed E-state index contributed by atoms with van der Waals surface area (Å²) >= 11 is 0. The number of aromatic hydroxyl groups is 1. The van der Waals surface area contributed by atoms with Gasteiger partial charge in [0.2, 0.25) is 0 Å². The van der Waals surface area contributed by atoms with Crippen LogP contribution in [0.15, 0.2) is 115 Å². The molecule has 3 heteroatoms. The van der Waals surface area contributed by atoms with Crippen molar-refractivity contribution in [1.82, 2.24) is 0 Å². The minimum absolute atomic E-state index is 0.127. The van der Waals surface area contributed by atoms with Crippen molar-refractivity contribution >= 4 is 11.6 Å². The Kier molecular flexibility index (Phi) is 6.98. The second kappa shape index (κ2) is 10.6. The van der Waals surface area contributed by atoms with E-state index in [9.17, 15) is 9.90 Å². The maximum atomic E-state index is 12.8. The SMILES string of the molecule is CC1(C)CCC(C)(C)c2cc(-c3cc(-c4ccc(C(=O)Nc5ccc(O)cc5)cc4)ccc3-c3ccccc3)ccc21. The molecule has 5 aromatic carbocycles. The molecule has 210 valence electrons. The third-order valence-corrected chi connectivity index (χ3v) is 8.87. The third-order valence-electron chi connectivity index (χ3n) is 8.87. The molecule has 0 radical (unpaired) electrons. The molecule has 0 fully saturated rings. The molecule has 5 aromatic rings. The zero-order chi connectivity index (χ0) is 29.5. The second-order valence-corrected chi connectivity index (χ2v) is 12.7. The summed E-state index contributed by atoms with van der Waals surface area (Å²) < 4.78 is 0. The van der Waals surface area contributed by atoms with Crippen LogP contribution in [0.3, 0.4) is 0 Å². The average molecular weight is 552 g/mol. The molecule has 0 bridgehead atoms. The number of carbonyl (C=O) groups excluding carboxylic acids is 1. The van der Waals surface area contributed by atoms with E-state index < -0.39 is 0 Å². The van der Waals surface area contributed by atoms with Crippen molar-refractivity contribution in [2.24, 2.45) is 0 Å². The van der Waals surface area contributed by atoms with Gasteiger partial charge in [-0.3, -0.25) is 4.79 Å². The van der Waals surface area contributed by atoms with Crippen molar-refractivity contribution in [3.05, 3.63) is 132 Å². The first-order valence-corrected chi connectivity index (χ1v) is 14.7. The van der Waals surface area contributed by atoms with Gasteiger partial charge in [-0.2, -0.15) is 0 Å². The Balaban J connectivity index is 1.39. The quantitative estimate of drug-likeness (QED) is 0.214.